The van der Waals surface area contributed by atoms with E-state index < -0.39 is 17.5 Å². The number of rotatable bonds is 3. The maximum Gasteiger partial charge on any atom is 0.182 e. The highest BCUT2D eigenvalue weighted by Gasteiger charge is 2.19. The van der Waals surface area contributed by atoms with Crippen LogP contribution in [0.25, 0.3) is 33.5 Å². The first-order chi connectivity index (χ1) is 13.1. The van der Waals surface area contributed by atoms with Gasteiger partial charge in [0, 0.05) is 36.0 Å². The summed E-state index contributed by atoms with van der Waals surface area (Å²) < 4.78 is 43.0. The second-order valence-corrected chi connectivity index (χ2v) is 5.66. The van der Waals surface area contributed by atoms with E-state index in [0.717, 1.165) is 6.07 Å². The highest BCUT2D eigenvalue weighted by Crippen LogP contribution is 2.33. The summed E-state index contributed by atoms with van der Waals surface area (Å²) in [5.74, 6) is -2.40. The maximum absolute atomic E-state index is 15.2. The molecule has 27 heavy (non-hydrogen) atoms. The van der Waals surface area contributed by atoms with Crippen LogP contribution < -0.4 is 5.32 Å². The zero-order valence-corrected chi connectivity index (χ0v) is 14.0. The molecule has 2 heterocycles. The highest BCUT2D eigenvalue weighted by molar-refractivity contribution is 5.94. The van der Waals surface area contributed by atoms with E-state index in [4.69, 9.17) is 0 Å². The van der Waals surface area contributed by atoms with E-state index in [-0.39, 0.29) is 22.5 Å². The van der Waals surface area contributed by atoms with E-state index in [9.17, 15) is 8.78 Å². The number of aromatic nitrogens is 4. The summed E-state index contributed by atoms with van der Waals surface area (Å²) in [7, 11) is 1.64. The van der Waals surface area contributed by atoms with E-state index in [0.29, 0.717) is 16.9 Å². The molecule has 0 atom stereocenters. The lowest BCUT2D eigenvalue weighted by atomic mass is 10.0. The molecular weight excluding hydrogens is 355 g/mol. The quantitative estimate of drug-likeness (QED) is 0.588. The van der Waals surface area contributed by atoms with Crippen LogP contribution in [0.5, 0.6) is 0 Å². The Morgan fingerprint density at radius 3 is 2.44 bits per heavy atom. The fraction of sp³-hybridized carbons (Fsp3) is 0.0526. The van der Waals surface area contributed by atoms with Crippen molar-refractivity contribution in [2.24, 2.45) is 0 Å². The summed E-state index contributed by atoms with van der Waals surface area (Å²) in [6, 6.07) is 6.55. The molecule has 0 amide bonds. The third kappa shape index (κ3) is 2.84. The lowest BCUT2D eigenvalue weighted by Gasteiger charge is -2.11. The van der Waals surface area contributed by atoms with Gasteiger partial charge < -0.3 is 5.32 Å². The summed E-state index contributed by atoms with van der Waals surface area (Å²) in [5, 5.41) is 3.29. The van der Waals surface area contributed by atoms with Crippen molar-refractivity contribution >= 4 is 16.7 Å². The summed E-state index contributed by atoms with van der Waals surface area (Å²) in [6.45, 7) is 0. The van der Waals surface area contributed by atoms with Gasteiger partial charge in [0.2, 0.25) is 0 Å². The van der Waals surface area contributed by atoms with Crippen LogP contribution in [0.2, 0.25) is 0 Å². The van der Waals surface area contributed by atoms with Gasteiger partial charge in [-0.3, -0.25) is 4.98 Å². The van der Waals surface area contributed by atoms with Crippen LogP contribution in [0.1, 0.15) is 0 Å². The zero-order valence-electron chi connectivity index (χ0n) is 14.0. The van der Waals surface area contributed by atoms with Gasteiger partial charge in [-0.15, -0.1) is 0 Å². The van der Waals surface area contributed by atoms with Crippen LogP contribution >= 0.6 is 0 Å². The van der Waals surface area contributed by atoms with E-state index >= 15 is 4.39 Å². The van der Waals surface area contributed by atoms with Gasteiger partial charge in [-0.2, -0.15) is 0 Å². The summed E-state index contributed by atoms with van der Waals surface area (Å²) in [5.41, 5.74) is 0.0548. The molecule has 2 aromatic heterocycles. The van der Waals surface area contributed by atoms with Crippen molar-refractivity contribution in [1.82, 2.24) is 19.9 Å². The van der Waals surface area contributed by atoms with Crippen LogP contribution in [0, 0.1) is 17.5 Å². The number of nitrogens with one attached hydrogen (secondary N) is 1. The Morgan fingerprint density at radius 2 is 1.70 bits per heavy atom. The van der Waals surface area contributed by atoms with Gasteiger partial charge in [0.15, 0.2) is 23.3 Å². The Bertz CT molecular complexity index is 1150. The van der Waals surface area contributed by atoms with Crippen LogP contribution in [-0.2, 0) is 0 Å². The fourth-order valence-electron chi connectivity index (χ4n) is 2.80. The molecule has 0 radical (unpaired) electrons. The fourth-order valence-corrected chi connectivity index (χ4v) is 2.80. The van der Waals surface area contributed by atoms with E-state index in [1.54, 1.807) is 13.1 Å². The number of benzene rings is 2. The average molecular weight is 367 g/mol. The van der Waals surface area contributed by atoms with Crippen molar-refractivity contribution in [3.8, 4) is 22.6 Å². The Balaban J connectivity index is 2.00. The zero-order chi connectivity index (χ0) is 19.0. The van der Waals surface area contributed by atoms with E-state index in [2.05, 4.69) is 25.3 Å². The molecule has 8 heteroatoms. The molecular formula is C19H12F3N5. The van der Waals surface area contributed by atoms with Crippen molar-refractivity contribution in [2.45, 2.75) is 0 Å². The SMILES string of the molecule is CNc1nc(-c2cnccn2)nc2c(F)c(-c3cccc(F)c3F)ccc12. The summed E-state index contributed by atoms with van der Waals surface area (Å²) in [6.07, 6.45) is 4.42. The molecule has 0 saturated heterocycles. The number of hydrogen-bond acceptors (Lipinski definition) is 5. The first-order valence-corrected chi connectivity index (χ1v) is 7.99. The number of fused-ring (bicyclic) bond motifs is 1. The molecule has 0 fully saturated rings. The first kappa shape index (κ1) is 16.9. The van der Waals surface area contributed by atoms with Gasteiger partial charge in [0.1, 0.15) is 17.0 Å². The molecule has 134 valence electrons. The third-order valence-electron chi connectivity index (χ3n) is 4.08. The minimum atomic E-state index is -1.12. The van der Waals surface area contributed by atoms with Crippen LogP contribution in [0.3, 0.4) is 0 Å². The van der Waals surface area contributed by atoms with E-state index in [1.165, 1.54) is 36.8 Å². The van der Waals surface area contributed by atoms with E-state index in [1.807, 2.05) is 0 Å². The van der Waals surface area contributed by atoms with Crippen LogP contribution in [-0.4, -0.2) is 27.0 Å². The lowest BCUT2D eigenvalue weighted by molar-refractivity contribution is 0.510. The molecule has 0 aliphatic rings. The van der Waals surface area contributed by atoms with Crippen molar-refractivity contribution in [1.29, 1.82) is 0 Å². The summed E-state index contributed by atoms with van der Waals surface area (Å²) >= 11 is 0. The monoisotopic (exact) mass is 367 g/mol. The summed E-state index contributed by atoms with van der Waals surface area (Å²) in [4.78, 5) is 16.7. The van der Waals surface area contributed by atoms with Gasteiger partial charge in [0.25, 0.3) is 0 Å². The van der Waals surface area contributed by atoms with Gasteiger partial charge in [-0.25, -0.2) is 28.1 Å². The standard InChI is InChI=1S/C19H12F3N5/c1-23-18-12-6-5-11(10-3-2-4-13(20)15(10)21)16(22)17(12)26-19(27-18)14-9-24-7-8-25-14/h2-9H,1H3,(H,23,26,27). The number of nitrogens with zero attached hydrogens (tertiary/aromatic N) is 4. The molecule has 4 rings (SSSR count). The predicted octanol–water partition coefficient (Wildman–Crippen LogP) is 4.21. The molecule has 2 aromatic carbocycles. The number of halogens is 3. The normalized spacial score (nSPS) is 11.0. The molecule has 0 aliphatic heterocycles. The second kappa shape index (κ2) is 6.64. The predicted molar refractivity (Wildman–Crippen MR) is 95.4 cm³/mol. The van der Waals surface area contributed by atoms with Gasteiger partial charge in [-0.05, 0) is 12.1 Å². The highest BCUT2D eigenvalue weighted by atomic mass is 19.2. The van der Waals surface area contributed by atoms with Crippen LogP contribution in [0.15, 0.2) is 48.9 Å². The van der Waals surface area contributed by atoms with Gasteiger partial charge in [-0.1, -0.05) is 18.2 Å². The second-order valence-electron chi connectivity index (χ2n) is 5.66. The van der Waals surface area contributed by atoms with Crippen molar-refractivity contribution in [3.05, 3.63) is 66.4 Å². The Hall–Kier alpha value is -3.55. The molecule has 0 spiro atoms. The minimum Gasteiger partial charge on any atom is -0.373 e. The average Bonchev–Trinajstić information content (AvgIpc) is 2.71. The van der Waals surface area contributed by atoms with Crippen molar-refractivity contribution in [2.75, 3.05) is 12.4 Å². The molecule has 4 aromatic rings. The van der Waals surface area contributed by atoms with Crippen molar-refractivity contribution < 1.29 is 13.2 Å². The van der Waals surface area contributed by atoms with Gasteiger partial charge in [0.05, 0.1) is 6.20 Å². The van der Waals surface area contributed by atoms with Gasteiger partial charge >= 0.3 is 0 Å². The molecule has 5 nitrogen and oxygen atoms in total. The number of anilines is 1. The molecule has 0 unspecified atom stereocenters. The Labute approximate surface area is 152 Å². The Kier molecular flexibility index (Phi) is 4.15. The Morgan fingerprint density at radius 1 is 0.889 bits per heavy atom. The maximum atomic E-state index is 15.2. The first-order valence-electron chi connectivity index (χ1n) is 7.99. The lowest BCUT2D eigenvalue weighted by Crippen LogP contribution is -2.02. The largest absolute Gasteiger partial charge is 0.373 e. The molecule has 1 N–H and O–H groups in total. The topological polar surface area (TPSA) is 63.6 Å². The van der Waals surface area contributed by atoms with Crippen molar-refractivity contribution in [3.63, 3.8) is 0 Å². The molecule has 0 saturated carbocycles. The number of hydrogen-bond donors (Lipinski definition) is 1. The van der Waals surface area contributed by atoms with Crippen LogP contribution in [0.4, 0.5) is 19.0 Å². The minimum absolute atomic E-state index is 0.0313. The third-order valence-corrected chi connectivity index (χ3v) is 4.08. The molecule has 0 aliphatic carbocycles. The smallest absolute Gasteiger partial charge is 0.182 e. The molecule has 0 bridgehead atoms.